The van der Waals surface area contributed by atoms with Gasteiger partial charge in [-0.05, 0) is 24.1 Å². The van der Waals surface area contributed by atoms with Crippen molar-refractivity contribution in [2.24, 2.45) is 5.73 Å². The number of nitrogens with one attached hydrogen (secondary N) is 1. The maximum atomic E-state index is 9.53. The number of H-pyrrole nitrogens is 1. The first-order valence-corrected chi connectivity index (χ1v) is 4.22. The minimum atomic E-state index is 0.278. The van der Waals surface area contributed by atoms with Crippen molar-refractivity contribution in [2.75, 3.05) is 0 Å². The zero-order chi connectivity index (χ0) is 9.42. The van der Waals surface area contributed by atoms with E-state index in [1.54, 1.807) is 6.07 Å². The van der Waals surface area contributed by atoms with Gasteiger partial charge in [-0.2, -0.15) is 0 Å². The number of phenolic OH excluding ortho intramolecular Hbond substituents is 1. The predicted octanol–water partition coefficient (Wildman–Crippen LogP) is 1.64. The van der Waals surface area contributed by atoms with Crippen molar-refractivity contribution in [3.05, 3.63) is 29.5 Å². The van der Waals surface area contributed by atoms with Gasteiger partial charge in [0.1, 0.15) is 5.75 Å². The average molecular weight is 176 g/mol. The Morgan fingerprint density at radius 1 is 1.46 bits per heavy atom. The smallest absolute Gasteiger partial charge is 0.139 e. The summed E-state index contributed by atoms with van der Waals surface area (Å²) in [4.78, 5) is 3.02. The van der Waals surface area contributed by atoms with Gasteiger partial charge in [-0.25, -0.2) is 0 Å². The SMILES string of the molecule is Cc1ccc(O)c2[nH]cc(CN)c12. The van der Waals surface area contributed by atoms with Gasteiger partial charge >= 0.3 is 0 Å². The van der Waals surface area contributed by atoms with Crippen molar-refractivity contribution >= 4 is 10.9 Å². The number of aromatic nitrogens is 1. The lowest BCUT2D eigenvalue weighted by atomic mass is 10.1. The molecule has 0 saturated carbocycles. The number of aryl methyl sites for hydroxylation is 1. The van der Waals surface area contributed by atoms with Crippen LogP contribution in [0.15, 0.2) is 18.3 Å². The Hall–Kier alpha value is -1.48. The summed E-state index contributed by atoms with van der Waals surface area (Å²) in [5.74, 6) is 0.278. The third-order valence-electron chi connectivity index (χ3n) is 2.32. The van der Waals surface area contributed by atoms with Crippen molar-refractivity contribution in [2.45, 2.75) is 13.5 Å². The summed E-state index contributed by atoms with van der Waals surface area (Å²) in [6, 6.07) is 3.58. The van der Waals surface area contributed by atoms with Crippen LogP contribution in [0.25, 0.3) is 10.9 Å². The Kier molecular flexibility index (Phi) is 1.74. The Balaban J connectivity index is 2.87. The molecule has 3 nitrogen and oxygen atoms in total. The topological polar surface area (TPSA) is 62.0 Å². The van der Waals surface area contributed by atoms with Crippen molar-refractivity contribution in [1.29, 1.82) is 0 Å². The van der Waals surface area contributed by atoms with Crippen molar-refractivity contribution in [3.8, 4) is 5.75 Å². The van der Waals surface area contributed by atoms with E-state index in [1.165, 1.54) is 0 Å². The number of hydrogen-bond donors (Lipinski definition) is 3. The second-order valence-corrected chi connectivity index (χ2v) is 3.17. The lowest BCUT2D eigenvalue weighted by molar-refractivity contribution is 0.480. The molecule has 0 atom stereocenters. The summed E-state index contributed by atoms with van der Waals surface area (Å²) in [5, 5.41) is 10.6. The second kappa shape index (κ2) is 2.78. The molecule has 2 aromatic rings. The van der Waals surface area contributed by atoms with E-state index in [0.29, 0.717) is 6.54 Å². The number of hydrogen-bond acceptors (Lipinski definition) is 2. The first-order chi connectivity index (χ1) is 6.24. The van der Waals surface area contributed by atoms with E-state index >= 15 is 0 Å². The van der Waals surface area contributed by atoms with Crippen LogP contribution in [-0.2, 0) is 6.54 Å². The molecule has 1 heterocycles. The fraction of sp³-hybridized carbons (Fsp3) is 0.200. The molecule has 0 aliphatic rings. The molecule has 1 aromatic heterocycles. The van der Waals surface area contributed by atoms with Crippen LogP contribution in [0.1, 0.15) is 11.1 Å². The molecular formula is C10H12N2O. The molecule has 68 valence electrons. The lowest BCUT2D eigenvalue weighted by Gasteiger charge is -2.00. The summed E-state index contributed by atoms with van der Waals surface area (Å²) in [7, 11) is 0. The van der Waals surface area contributed by atoms with E-state index in [4.69, 9.17) is 5.73 Å². The molecule has 13 heavy (non-hydrogen) atoms. The minimum absolute atomic E-state index is 0.278. The molecule has 0 fully saturated rings. The van der Waals surface area contributed by atoms with Crippen LogP contribution >= 0.6 is 0 Å². The molecule has 2 rings (SSSR count). The highest BCUT2D eigenvalue weighted by atomic mass is 16.3. The van der Waals surface area contributed by atoms with Gasteiger partial charge in [0.15, 0.2) is 0 Å². The Morgan fingerprint density at radius 3 is 2.92 bits per heavy atom. The number of fused-ring (bicyclic) bond motifs is 1. The molecule has 4 N–H and O–H groups in total. The first-order valence-electron chi connectivity index (χ1n) is 4.22. The summed E-state index contributed by atoms with van der Waals surface area (Å²) < 4.78 is 0. The number of nitrogens with two attached hydrogens (primary N) is 1. The molecule has 1 aromatic carbocycles. The highest BCUT2D eigenvalue weighted by Gasteiger charge is 2.07. The van der Waals surface area contributed by atoms with Gasteiger partial charge in [-0.3, -0.25) is 0 Å². The van der Waals surface area contributed by atoms with E-state index in [-0.39, 0.29) is 5.75 Å². The third kappa shape index (κ3) is 1.09. The number of phenols is 1. The molecule has 0 saturated heterocycles. The molecule has 0 aliphatic carbocycles. The summed E-state index contributed by atoms with van der Waals surface area (Å²) in [6.45, 7) is 2.50. The molecule has 0 unspecified atom stereocenters. The molecule has 0 bridgehead atoms. The summed E-state index contributed by atoms with van der Waals surface area (Å²) in [6.07, 6.45) is 1.84. The second-order valence-electron chi connectivity index (χ2n) is 3.17. The van der Waals surface area contributed by atoms with Gasteiger partial charge in [0.05, 0.1) is 5.52 Å². The number of aromatic hydroxyl groups is 1. The number of rotatable bonds is 1. The maximum Gasteiger partial charge on any atom is 0.139 e. The van der Waals surface area contributed by atoms with Crippen molar-refractivity contribution in [1.82, 2.24) is 4.98 Å². The normalized spacial score (nSPS) is 10.9. The fourth-order valence-electron chi connectivity index (χ4n) is 1.65. The maximum absolute atomic E-state index is 9.53. The predicted molar refractivity (Wildman–Crippen MR) is 52.6 cm³/mol. The molecule has 0 radical (unpaired) electrons. The highest BCUT2D eigenvalue weighted by Crippen LogP contribution is 2.28. The summed E-state index contributed by atoms with van der Waals surface area (Å²) in [5.41, 5.74) is 8.53. The van der Waals surface area contributed by atoms with Gasteiger partial charge in [0.2, 0.25) is 0 Å². The fourth-order valence-corrected chi connectivity index (χ4v) is 1.65. The number of benzene rings is 1. The number of aromatic amines is 1. The summed E-state index contributed by atoms with van der Waals surface area (Å²) >= 11 is 0. The van der Waals surface area contributed by atoms with Gasteiger partial charge in [0.25, 0.3) is 0 Å². The molecule has 3 heteroatoms. The standard InChI is InChI=1S/C10H12N2O/c1-6-2-3-8(13)10-9(6)7(4-11)5-12-10/h2-3,5,12-13H,4,11H2,1H3. The van der Waals surface area contributed by atoms with Crippen LogP contribution in [0.5, 0.6) is 5.75 Å². The third-order valence-corrected chi connectivity index (χ3v) is 2.32. The zero-order valence-corrected chi connectivity index (χ0v) is 7.46. The molecular weight excluding hydrogens is 164 g/mol. The van der Waals surface area contributed by atoms with E-state index in [1.807, 2.05) is 19.2 Å². The van der Waals surface area contributed by atoms with Gasteiger partial charge < -0.3 is 15.8 Å². The largest absolute Gasteiger partial charge is 0.506 e. The molecule has 0 amide bonds. The first kappa shape index (κ1) is 8.13. The van der Waals surface area contributed by atoms with Crippen molar-refractivity contribution in [3.63, 3.8) is 0 Å². The zero-order valence-electron chi connectivity index (χ0n) is 7.46. The van der Waals surface area contributed by atoms with Crippen LogP contribution in [0, 0.1) is 6.92 Å². The van der Waals surface area contributed by atoms with Crippen LogP contribution in [-0.4, -0.2) is 10.1 Å². The van der Waals surface area contributed by atoms with Crippen LogP contribution in [0.4, 0.5) is 0 Å². The van der Waals surface area contributed by atoms with E-state index < -0.39 is 0 Å². The Bertz CT molecular complexity index is 445. The van der Waals surface area contributed by atoms with E-state index in [2.05, 4.69) is 4.98 Å². The van der Waals surface area contributed by atoms with Crippen LogP contribution in [0.2, 0.25) is 0 Å². The Morgan fingerprint density at radius 2 is 2.23 bits per heavy atom. The van der Waals surface area contributed by atoms with E-state index in [9.17, 15) is 5.11 Å². The monoisotopic (exact) mass is 176 g/mol. The Labute approximate surface area is 76.2 Å². The molecule has 0 spiro atoms. The van der Waals surface area contributed by atoms with Crippen molar-refractivity contribution < 1.29 is 5.11 Å². The van der Waals surface area contributed by atoms with Gasteiger partial charge in [-0.1, -0.05) is 6.07 Å². The lowest BCUT2D eigenvalue weighted by Crippen LogP contribution is -1.94. The van der Waals surface area contributed by atoms with Crippen LogP contribution < -0.4 is 5.73 Å². The van der Waals surface area contributed by atoms with Crippen LogP contribution in [0.3, 0.4) is 0 Å². The molecule has 0 aliphatic heterocycles. The quantitative estimate of drug-likeness (QED) is 0.618. The average Bonchev–Trinajstić information content (AvgIpc) is 2.56. The minimum Gasteiger partial charge on any atom is -0.506 e. The van der Waals surface area contributed by atoms with Gasteiger partial charge in [-0.15, -0.1) is 0 Å². The highest BCUT2D eigenvalue weighted by molar-refractivity contribution is 5.90. The van der Waals surface area contributed by atoms with E-state index in [0.717, 1.165) is 22.0 Å². The van der Waals surface area contributed by atoms with Gasteiger partial charge in [0, 0.05) is 18.1 Å².